The van der Waals surface area contributed by atoms with Crippen LogP contribution in [0.3, 0.4) is 0 Å². The highest BCUT2D eigenvalue weighted by Gasteiger charge is 2.30. The third-order valence-electron chi connectivity index (χ3n) is 6.09. The van der Waals surface area contributed by atoms with Gasteiger partial charge in [0.2, 0.25) is 5.95 Å². The van der Waals surface area contributed by atoms with Gasteiger partial charge < -0.3 is 14.5 Å². The van der Waals surface area contributed by atoms with E-state index in [0.717, 1.165) is 22.4 Å². The van der Waals surface area contributed by atoms with Gasteiger partial charge in [-0.05, 0) is 44.2 Å². The van der Waals surface area contributed by atoms with E-state index in [1.165, 1.54) is 0 Å². The maximum Gasteiger partial charge on any atom is 0.254 e. The molecule has 0 aliphatic carbocycles. The fourth-order valence-corrected chi connectivity index (χ4v) is 4.55. The summed E-state index contributed by atoms with van der Waals surface area (Å²) in [6.07, 6.45) is 0. The summed E-state index contributed by atoms with van der Waals surface area (Å²) in [7, 11) is 1.63. The number of nitrogens with zero attached hydrogens (tertiary/aromatic N) is 6. The number of piperazine rings is 1. The van der Waals surface area contributed by atoms with E-state index in [2.05, 4.69) is 22.0 Å². The number of ether oxygens (including phenoxy) is 1. The molecule has 0 bridgehead atoms. The van der Waals surface area contributed by atoms with E-state index in [4.69, 9.17) is 21.3 Å². The molecule has 0 radical (unpaired) electrons. The Labute approximate surface area is 196 Å². The van der Waals surface area contributed by atoms with Gasteiger partial charge in [0.1, 0.15) is 6.61 Å². The van der Waals surface area contributed by atoms with E-state index in [0.29, 0.717) is 48.3 Å². The van der Waals surface area contributed by atoms with Crippen molar-refractivity contribution in [2.75, 3.05) is 31.6 Å². The number of rotatable bonds is 4. The molecule has 1 aliphatic rings. The normalized spacial score (nSPS) is 16.7. The number of carbonyl (C=O) groups is 1. The summed E-state index contributed by atoms with van der Waals surface area (Å²) in [6, 6.07) is 13.3. The Morgan fingerprint density at radius 1 is 1.15 bits per heavy atom. The SMILES string of the molecule is COCc1nnc2c3ccc(Cl)cc3nc(N3CCN(C(=O)c4ccc(C)cc4)C(C)C3)n12. The summed E-state index contributed by atoms with van der Waals surface area (Å²) in [4.78, 5) is 22.2. The zero-order valence-electron chi connectivity index (χ0n) is 18.8. The van der Waals surface area contributed by atoms with Crippen molar-refractivity contribution in [1.82, 2.24) is 24.5 Å². The summed E-state index contributed by atoms with van der Waals surface area (Å²) in [6.45, 7) is 6.26. The van der Waals surface area contributed by atoms with E-state index in [1.54, 1.807) is 7.11 Å². The zero-order chi connectivity index (χ0) is 23.1. The van der Waals surface area contributed by atoms with Gasteiger partial charge in [-0.2, -0.15) is 0 Å². The summed E-state index contributed by atoms with van der Waals surface area (Å²) in [5.41, 5.74) is 3.32. The molecule has 5 rings (SSSR count). The highest BCUT2D eigenvalue weighted by Crippen LogP contribution is 2.28. The van der Waals surface area contributed by atoms with Crippen LogP contribution in [-0.2, 0) is 11.3 Å². The minimum Gasteiger partial charge on any atom is -0.377 e. The van der Waals surface area contributed by atoms with Crippen LogP contribution >= 0.6 is 11.6 Å². The molecule has 2 aromatic carbocycles. The van der Waals surface area contributed by atoms with E-state index in [1.807, 2.05) is 58.7 Å². The number of aromatic nitrogens is 4. The summed E-state index contributed by atoms with van der Waals surface area (Å²) < 4.78 is 7.30. The third-order valence-corrected chi connectivity index (χ3v) is 6.33. The predicted octanol–water partition coefficient (Wildman–Crippen LogP) is 3.74. The minimum atomic E-state index is 0.00168. The number of halogens is 1. The van der Waals surface area contributed by atoms with Crippen molar-refractivity contribution in [3.05, 3.63) is 64.4 Å². The van der Waals surface area contributed by atoms with Crippen molar-refractivity contribution >= 4 is 40.0 Å². The molecule has 0 N–H and O–H groups in total. The number of anilines is 1. The fraction of sp³-hybridized carbons (Fsp3) is 0.333. The van der Waals surface area contributed by atoms with Crippen molar-refractivity contribution in [2.24, 2.45) is 0 Å². The summed E-state index contributed by atoms with van der Waals surface area (Å²) >= 11 is 6.25. The number of benzene rings is 2. The maximum atomic E-state index is 13.1. The second-order valence-corrected chi connectivity index (χ2v) is 8.88. The smallest absolute Gasteiger partial charge is 0.254 e. The molecule has 9 heteroatoms. The largest absolute Gasteiger partial charge is 0.377 e. The van der Waals surface area contributed by atoms with Crippen LogP contribution in [0, 0.1) is 6.92 Å². The zero-order valence-corrected chi connectivity index (χ0v) is 19.6. The molecule has 8 nitrogen and oxygen atoms in total. The first kappa shape index (κ1) is 21.6. The van der Waals surface area contributed by atoms with Gasteiger partial charge in [-0.1, -0.05) is 29.3 Å². The van der Waals surface area contributed by atoms with Gasteiger partial charge in [0, 0.05) is 48.8 Å². The Morgan fingerprint density at radius 2 is 1.94 bits per heavy atom. The van der Waals surface area contributed by atoms with Gasteiger partial charge in [-0.3, -0.25) is 4.79 Å². The van der Waals surface area contributed by atoms with Gasteiger partial charge in [0.15, 0.2) is 11.5 Å². The van der Waals surface area contributed by atoms with Crippen molar-refractivity contribution in [3.8, 4) is 0 Å². The van der Waals surface area contributed by atoms with Crippen LogP contribution in [0.2, 0.25) is 5.02 Å². The Balaban J connectivity index is 1.50. The molecule has 1 amide bonds. The summed E-state index contributed by atoms with van der Waals surface area (Å²) in [5.74, 6) is 1.46. The number of hydrogen-bond acceptors (Lipinski definition) is 6. The standard InChI is InChI=1S/C24H25ClN6O2/c1-15-4-6-17(7-5-15)23(32)30-11-10-29(13-16(30)2)24-26-20-12-18(25)8-9-19(20)22-28-27-21(14-33-3)31(22)24/h4-9,12,16H,10-11,13-14H2,1-3H3. The predicted molar refractivity (Wildman–Crippen MR) is 128 cm³/mol. The van der Waals surface area contributed by atoms with Gasteiger partial charge in [0.05, 0.1) is 5.52 Å². The molecular weight excluding hydrogens is 440 g/mol. The first-order chi connectivity index (χ1) is 16.0. The van der Waals surface area contributed by atoms with E-state index in [9.17, 15) is 4.79 Å². The lowest BCUT2D eigenvalue weighted by molar-refractivity contribution is 0.0673. The Bertz CT molecular complexity index is 1340. The molecule has 3 heterocycles. The molecule has 0 spiro atoms. The molecule has 1 fully saturated rings. The van der Waals surface area contributed by atoms with E-state index >= 15 is 0 Å². The van der Waals surface area contributed by atoms with Crippen LogP contribution in [0.15, 0.2) is 42.5 Å². The number of methoxy groups -OCH3 is 1. The van der Waals surface area contributed by atoms with Crippen LogP contribution in [0.25, 0.3) is 16.6 Å². The quantitative estimate of drug-likeness (QED) is 0.458. The van der Waals surface area contributed by atoms with Crippen LogP contribution in [0.4, 0.5) is 5.95 Å². The third kappa shape index (κ3) is 3.89. The highest BCUT2D eigenvalue weighted by molar-refractivity contribution is 6.31. The molecule has 170 valence electrons. The lowest BCUT2D eigenvalue weighted by Crippen LogP contribution is -2.54. The molecule has 1 saturated heterocycles. The van der Waals surface area contributed by atoms with Gasteiger partial charge in [0.25, 0.3) is 5.91 Å². The average molecular weight is 465 g/mol. The molecule has 2 aromatic heterocycles. The lowest BCUT2D eigenvalue weighted by atomic mass is 10.1. The number of hydrogen-bond donors (Lipinski definition) is 0. The van der Waals surface area contributed by atoms with Crippen LogP contribution < -0.4 is 4.90 Å². The van der Waals surface area contributed by atoms with Crippen molar-refractivity contribution in [2.45, 2.75) is 26.5 Å². The molecule has 1 unspecified atom stereocenters. The number of amides is 1. The Kier molecular flexibility index (Phi) is 5.64. The molecular formula is C24H25ClN6O2. The first-order valence-electron chi connectivity index (χ1n) is 10.9. The van der Waals surface area contributed by atoms with E-state index < -0.39 is 0 Å². The second-order valence-electron chi connectivity index (χ2n) is 8.44. The molecule has 0 saturated carbocycles. The highest BCUT2D eigenvalue weighted by atomic mass is 35.5. The van der Waals surface area contributed by atoms with Crippen LogP contribution in [-0.4, -0.2) is 63.2 Å². The van der Waals surface area contributed by atoms with Crippen molar-refractivity contribution < 1.29 is 9.53 Å². The van der Waals surface area contributed by atoms with Crippen LogP contribution in [0.1, 0.15) is 28.7 Å². The number of aryl methyl sites for hydroxylation is 1. The summed E-state index contributed by atoms with van der Waals surface area (Å²) in [5, 5.41) is 10.3. The first-order valence-corrected chi connectivity index (χ1v) is 11.3. The van der Waals surface area contributed by atoms with Crippen molar-refractivity contribution in [3.63, 3.8) is 0 Å². The lowest BCUT2D eigenvalue weighted by Gasteiger charge is -2.40. The number of carbonyl (C=O) groups excluding carboxylic acids is 1. The fourth-order valence-electron chi connectivity index (χ4n) is 4.38. The molecule has 1 aliphatic heterocycles. The maximum absolute atomic E-state index is 13.1. The van der Waals surface area contributed by atoms with Crippen LogP contribution in [0.5, 0.6) is 0 Å². The average Bonchev–Trinajstić information content (AvgIpc) is 3.22. The Morgan fingerprint density at radius 3 is 2.67 bits per heavy atom. The van der Waals surface area contributed by atoms with Gasteiger partial charge in [-0.15, -0.1) is 10.2 Å². The molecule has 4 aromatic rings. The second kappa shape index (κ2) is 8.61. The van der Waals surface area contributed by atoms with Gasteiger partial charge in [-0.25, -0.2) is 9.38 Å². The molecule has 33 heavy (non-hydrogen) atoms. The monoisotopic (exact) mass is 464 g/mol. The van der Waals surface area contributed by atoms with Crippen molar-refractivity contribution in [1.29, 1.82) is 0 Å². The Hall–Kier alpha value is -3.23. The molecule has 1 atom stereocenters. The van der Waals surface area contributed by atoms with E-state index in [-0.39, 0.29) is 11.9 Å². The number of fused-ring (bicyclic) bond motifs is 3. The van der Waals surface area contributed by atoms with Gasteiger partial charge >= 0.3 is 0 Å². The minimum absolute atomic E-state index is 0.00168. The topological polar surface area (TPSA) is 75.9 Å².